The van der Waals surface area contributed by atoms with Crippen molar-refractivity contribution in [3.63, 3.8) is 0 Å². The first-order valence-corrected chi connectivity index (χ1v) is 15.7. The summed E-state index contributed by atoms with van der Waals surface area (Å²) in [6.07, 6.45) is 3.65. The maximum Gasteiger partial charge on any atom is 0.200 e. The van der Waals surface area contributed by atoms with Gasteiger partial charge in [0.05, 0.1) is 22.7 Å². The van der Waals surface area contributed by atoms with Crippen LogP contribution in [-0.4, -0.2) is 39.4 Å². The Labute approximate surface area is 191 Å². The van der Waals surface area contributed by atoms with Crippen LogP contribution in [0.5, 0.6) is 0 Å². The van der Waals surface area contributed by atoms with E-state index in [0.717, 1.165) is 31.2 Å². The zero-order chi connectivity index (χ0) is 22.9. The van der Waals surface area contributed by atoms with Crippen LogP contribution in [0.25, 0.3) is 0 Å². The van der Waals surface area contributed by atoms with Crippen molar-refractivity contribution in [3.05, 3.63) is 35.9 Å². The van der Waals surface area contributed by atoms with Crippen LogP contribution in [0, 0.1) is 0 Å². The van der Waals surface area contributed by atoms with E-state index in [9.17, 15) is 8.42 Å². The molecule has 0 amide bonds. The van der Waals surface area contributed by atoms with Crippen LogP contribution in [0.3, 0.4) is 0 Å². The van der Waals surface area contributed by atoms with Crippen LogP contribution >= 0.6 is 0 Å². The lowest BCUT2D eigenvalue weighted by molar-refractivity contribution is 0.116. The Hall–Kier alpha value is -0.693. The predicted molar refractivity (Wildman–Crippen MR) is 131 cm³/mol. The van der Waals surface area contributed by atoms with E-state index < -0.39 is 27.6 Å². The molecule has 176 valence electrons. The number of hydrogen-bond acceptors (Lipinski definition) is 4. The Bertz CT molecular complexity index is 803. The van der Waals surface area contributed by atoms with Gasteiger partial charge in [0, 0.05) is 6.61 Å². The average molecular weight is 467 g/mol. The Balaban J connectivity index is 1.62. The number of hydrogen-bond donors (Lipinski definition) is 0. The molecule has 0 aliphatic heterocycles. The molecule has 2 saturated carbocycles. The third kappa shape index (κ3) is 4.68. The summed E-state index contributed by atoms with van der Waals surface area (Å²) in [5, 5.41) is 0. The lowest BCUT2D eigenvalue weighted by atomic mass is 10.2. The molecule has 3 rings (SSSR count). The molecule has 2 aliphatic rings. The highest BCUT2D eigenvalue weighted by Gasteiger charge is 2.67. The Morgan fingerprint density at radius 2 is 1.39 bits per heavy atom. The summed E-state index contributed by atoms with van der Waals surface area (Å²) in [4.78, 5) is 0. The van der Waals surface area contributed by atoms with Crippen LogP contribution < -0.4 is 0 Å². The molecule has 2 fully saturated rings. The molecule has 0 N–H and O–H groups in total. The normalized spacial score (nSPS) is 19.9. The molecule has 1 aromatic rings. The van der Waals surface area contributed by atoms with Crippen LogP contribution in [0.2, 0.25) is 16.6 Å². The van der Waals surface area contributed by atoms with E-state index in [0.29, 0.717) is 42.9 Å². The molecule has 0 aromatic heterocycles. The largest absolute Gasteiger partial charge is 0.416 e. The Morgan fingerprint density at radius 3 is 1.84 bits per heavy atom. The first-order valence-electron chi connectivity index (χ1n) is 12.0. The highest BCUT2D eigenvalue weighted by atomic mass is 32.2. The van der Waals surface area contributed by atoms with Gasteiger partial charge in [0.25, 0.3) is 0 Å². The van der Waals surface area contributed by atoms with Crippen molar-refractivity contribution < 1.29 is 17.6 Å². The number of ether oxygens (including phenoxy) is 1. The summed E-state index contributed by atoms with van der Waals surface area (Å²) in [5.74, 6) is 0. The smallest absolute Gasteiger partial charge is 0.200 e. The van der Waals surface area contributed by atoms with E-state index in [1.807, 2.05) is 30.3 Å². The van der Waals surface area contributed by atoms with Crippen LogP contribution in [-0.2, 0) is 25.6 Å². The minimum Gasteiger partial charge on any atom is -0.416 e. The molecule has 1 aromatic carbocycles. The highest BCUT2D eigenvalue weighted by molar-refractivity contribution is 7.94. The zero-order valence-corrected chi connectivity index (χ0v) is 22.1. The predicted octanol–water partition coefficient (Wildman–Crippen LogP) is 6.27. The molecule has 6 heteroatoms. The first kappa shape index (κ1) is 24.9. The van der Waals surface area contributed by atoms with Crippen molar-refractivity contribution in [2.45, 2.75) is 106 Å². The average Bonchev–Trinajstić information content (AvgIpc) is 3.61. The van der Waals surface area contributed by atoms with Gasteiger partial charge in [0.15, 0.2) is 18.2 Å². The van der Waals surface area contributed by atoms with E-state index >= 15 is 0 Å². The summed E-state index contributed by atoms with van der Waals surface area (Å²) in [7, 11) is -5.21. The van der Waals surface area contributed by atoms with Gasteiger partial charge in [-0.2, -0.15) is 0 Å². The first-order chi connectivity index (χ1) is 14.5. The summed E-state index contributed by atoms with van der Waals surface area (Å²) >= 11 is 0. The molecule has 4 nitrogen and oxygen atoms in total. The lowest BCUT2D eigenvalue weighted by Gasteiger charge is -2.42. The van der Waals surface area contributed by atoms with Crippen LogP contribution in [0.1, 0.15) is 79.2 Å². The summed E-state index contributed by atoms with van der Waals surface area (Å²) in [6.45, 7) is 15.0. The topological polar surface area (TPSA) is 52.6 Å². The third-order valence-corrected chi connectivity index (χ3v) is 17.4. The van der Waals surface area contributed by atoms with E-state index in [1.165, 1.54) is 0 Å². The van der Waals surface area contributed by atoms with Crippen molar-refractivity contribution in [1.29, 1.82) is 0 Å². The fourth-order valence-electron chi connectivity index (χ4n) is 5.72. The van der Waals surface area contributed by atoms with Gasteiger partial charge in [-0.05, 0) is 54.3 Å². The second kappa shape index (κ2) is 9.28. The molecular weight excluding hydrogens is 424 g/mol. The second-order valence-corrected chi connectivity index (χ2v) is 19.0. The lowest BCUT2D eigenvalue weighted by Crippen LogP contribution is -2.48. The fraction of sp³-hybridized carbons (Fsp3) is 0.760. The van der Waals surface area contributed by atoms with Gasteiger partial charge in [-0.15, -0.1) is 0 Å². The summed E-state index contributed by atoms with van der Waals surface area (Å²) in [5.41, 5.74) is 2.63. The van der Waals surface area contributed by atoms with Gasteiger partial charge in [-0.3, -0.25) is 0 Å². The van der Waals surface area contributed by atoms with Gasteiger partial charge in [0.2, 0.25) is 0 Å². The van der Waals surface area contributed by atoms with E-state index in [-0.39, 0.29) is 0 Å². The molecular formula is C25H42O4SSi. The maximum atomic E-state index is 13.7. The molecule has 0 bridgehead atoms. The number of benzene rings is 1. The molecule has 0 radical (unpaired) electrons. The van der Waals surface area contributed by atoms with Gasteiger partial charge in [-0.1, -0.05) is 71.9 Å². The fourth-order valence-corrected chi connectivity index (χ4v) is 14.0. The van der Waals surface area contributed by atoms with Crippen molar-refractivity contribution in [2.24, 2.45) is 0 Å². The molecule has 0 saturated heterocycles. The van der Waals surface area contributed by atoms with E-state index in [1.54, 1.807) is 0 Å². The van der Waals surface area contributed by atoms with Gasteiger partial charge >= 0.3 is 0 Å². The minimum atomic E-state index is -3.24. The number of rotatable bonds is 13. The Morgan fingerprint density at radius 1 is 0.871 bits per heavy atom. The third-order valence-electron chi connectivity index (χ3n) is 7.85. The van der Waals surface area contributed by atoms with E-state index in [2.05, 4.69) is 41.5 Å². The van der Waals surface area contributed by atoms with Crippen molar-refractivity contribution in [1.82, 2.24) is 0 Å². The minimum absolute atomic E-state index is 0.315. The number of sulfone groups is 1. The molecule has 0 unspecified atom stereocenters. The monoisotopic (exact) mass is 466 g/mol. The SMILES string of the molecule is CC(C)[Si](OCCC1(S(=O)(=O)C2(COCc3ccccc3)CC2)CC1)(C(C)C)C(C)C. The molecule has 0 heterocycles. The van der Waals surface area contributed by atoms with Gasteiger partial charge in [0.1, 0.15) is 0 Å². The highest BCUT2D eigenvalue weighted by Crippen LogP contribution is 2.58. The standard InChI is InChI=1S/C25H42O4SSi/c1-20(2)31(21(3)4,22(5)6)29-17-16-24(12-13-24)30(26,27)25(14-15-25)19-28-18-23-10-8-7-9-11-23/h7-11,20-22H,12-19H2,1-6H3. The molecule has 2 aliphatic carbocycles. The quantitative estimate of drug-likeness (QED) is 0.322. The molecule has 0 spiro atoms. The molecule has 0 atom stereocenters. The van der Waals surface area contributed by atoms with Crippen LogP contribution in [0.15, 0.2) is 30.3 Å². The van der Waals surface area contributed by atoms with Gasteiger partial charge < -0.3 is 9.16 Å². The van der Waals surface area contributed by atoms with E-state index in [4.69, 9.17) is 9.16 Å². The van der Waals surface area contributed by atoms with Crippen LogP contribution in [0.4, 0.5) is 0 Å². The maximum absolute atomic E-state index is 13.7. The zero-order valence-electron chi connectivity index (χ0n) is 20.3. The summed E-state index contributed by atoms with van der Waals surface area (Å²) < 4.78 is 38.7. The molecule has 31 heavy (non-hydrogen) atoms. The van der Waals surface area contributed by atoms with Gasteiger partial charge in [-0.25, -0.2) is 8.42 Å². The summed E-state index contributed by atoms with van der Waals surface area (Å²) in [6, 6.07) is 9.97. The van der Waals surface area contributed by atoms with Crippen molar-refractivity contribution in [3.8, 4) is 0 Å². The van der Waals surface area contributed by atoms with Crippen molar-refractivity contribution in [2.75, 3.05) is 13.2 Å². The Kier molecular flexibility index (Phi) is 7.46. The van der Waals surface area contributed by atoms with Crippen molar-refractivity contribution >= 4 is 18.2 Å². The second-order valence-electron chi connectivity index (χ2n) is 10.8.